The predicted molar refractivity (Wildman–Crippen MR) is 99.7 cm³/mol. The number of furan rings is 1. The molecule has 130 valence electrons. The molecule has 2 aromatic heterocycles. The normalized spacial score (nSPS) is 12.5. The second-order valence-corrected chi connectivity index (χ2v) is 6.95. The van der Waals surface area contributed by atoms with Gasteiger partial charge in [-0.1, -0.05) is 15.9 Å². The lowest BCUT2D eigenvalue weighted by molar-refractivity contribution is 0.101. The molecular weight excluding hydrogens is 384 g/mol. The van der Waals surface area contributed by atoms with Crippen molar-refractivity contribution in [2.75, 3.05) is 6.54 Å². The number of hydrogen-bond acceptors (Lipinski definition) is 5. The van der Waals surface area contributed by atoms with Gasteiger partial charge in [0.25, 0.3) is 0 Å². The number of halogens is 1. The summed E-state index contributed by atoms with van der Waals surface area (Å²) in [6.07, 6.45) is 1.35. The van der Waals surface area contributed by atoms with Crippen molar-refractivity contribution in [3.63, 3.8) is 0 Å². The molecule has 0 saturated carbocycles. The summed E-state index contributed by atoms with van der Waals surface area (Å²) in [4.78, 5) is 17.0. The third-order valence-electron chi connectivity index (χ3n) is 3.91. The monoisotopic (exact) mass is 402 g/mol. The van der Waals surface area contributed by atoms with Crippen LogP contribution in [0, 0.1) is 6.92 Å². The van der Waals surface area contributed by atoms with Crippen LogP contribution in [0.25, 0.3) is 11.0 Å². The van der Waals surface area contributed by atoms with E-state index in [1.165, 1.54) is 0 Å². The highest BCUT2D eigenvalue weighted by molar-refractivity contribution is 9.10. The summed E-state index contributed by atoms with van der Waals surface area (Å²) in [6, 6.07) is 8.95. The van der Waals surface area contributed by atoms with Gasteiger partial charge in [0.15, 0.2) is 11.3 Å². The minimum atomic E-state index is -0.423. The molecule has 2 heterocycles. The summed E-state index contributed by atoms with van der Waals surface area (Å²) >= 11 is 3.36. The van der Waals surface area contributed by atoms with Crippen LogP contribution in [0.5, 0.6) is 0 Å². The van der Waals surface area contributed by atoms with Gasteiger partial charge in [0.1, 0.15) is 0 Å². The molecule has 0 aliphatic heterocycles. The van der Waals surface area contributed by atoms with Crippen LogP contribution >= 0.6 is 15.9 Å². The summed E-state index contributed by atoms with van der Waals surface area (Å²) in [6.45, 7) is 4.60. The molecule has 0 unspecified atom stereocenters. The quantitative estimate of drug-likeness (QED) is 0.616. The number of pyridine rings is 1. The second kappa shape index (κ2) is 7.47. The third kappa shape index (κ3) is 3.98. The van der Waals surface area contributed by atoms with Crippen LogP contribution in [-0.2, 0) is 6.54 Å². The first-order chi connectivity index (χ1) is 12.0. The van der Waals surface area contributed by atoms with Crippen molar-refractivity contribution in [1.29, 1.82) is 0 Å². The maximum atomic E-state index is 12.7. The van der Waals surface area contributed by atoms with E-state index in [2.05, 4.69) is 26.2 Å². The topological polar surface area (TPSA) is 75.4 Å². The number of aromatic nitrogens is 1. The van der Waals surface area contributed by atoms with Gasteiger partial charge in [0.2, 0.25) is 5.78 Å². The Labute approximate surface area is 154 Å². The Morgan fingerprint density at radius 3 is 2.76 bits per heavy atom. The zero-order valence-corrected chi connectivity index (χ0v) is 15.6. The van der Waals surface area contributed by atoms with Crippen LogP contribution in [0.2, 0.25) is 0 Å². The fourth-order valence-electron chi connectivity index (χ4n) is 2.61. The highest BCUT2D eigenvalue weighted by Crippen LogP contribution is 2.26. The van der Waals surface area contributed by atoms with Gasteiger partial charge >= 0.3 is 0 Å². The minimum Gasteiger partial charge on any atom is -0.451 e. The van der Waals surface area contributed by atoms with Crippen LogP contribution in [0.3, 0.4) is 0 Å². The number of hydrogen-bond donors (Lipinski definition) is 2. The number of ketones is 1. The van der Waals surface area contributed by atoms with Crippen molar-refractivity contribution < 1.29 is 14.3 Å². The number of aryl methyl sites for hydroxylation is 1. The Morgan fingerprint density at radius 1 is 1.36 bits per heavy atom. The van der Waals surface area contributed by atoms with E-state index < -0.39 is 6.10 Å². The molecule has 0 fully saturated rings. The summed E-state index contributed by atoms with van der Waals surface area (Å²) in [5.41, 5.74) is 2.86. The summed E-state index contributed by atoms with van der Waals surface area (Å²) in [5, 5.41) is 13.4. The fraction of sp³-hybridized carbons (Fsp3) is 0.263. The maximum Gasteiger partial charge on any atom is 0.228 e. The molecule has 0 aliphatic carbocycles. The molecule has 1 aromatic carbocycles. The average Bonchev–Trinajstić information content (AvgIpc) is 3.03. The molecule has 5 nitrogen and oxygen atoms in total. The zero-order valence-electron chi connectivity index (χ0n) is 14.0. The molecule has 25 heavy (non-hydrogen) atoms. The Balaban J connectivity index is 1.94. The molecule has 0 bridgehead atoms. The number of nitrogens with one attached hydrogen (secondary N) is 1. The van der Waals surface area contributed by atoms with Gasteiger partial charge < -0.3 is 14.8 Å². The first-order valence-corrected chi connectivity index (χ1v) is 8.82. The SMILES string of the molecule is Cc1ncc(CNC[C@H](C)O)c2cc(C(=O)c3ccc(Br)cc3)oc12. The Hall–Kier alpha value is -2.02. The van der Waals surface area contributed by atoms with E-state index in [1.54, 1.807) is 31.3 Å². The minimum absolute atomic E-state index is 0.161. The number of nitrogens with zero attached hydrogens (tertiary/aromatic N) is 1. The number of aliphatic hydroxyl groups is 1. The van der Waals surface area contributed by atoms with Gasteiger partial charge in [-0.3, -0.25) is 9.78 Å². The van der Waals surface area contributed by atoms with Crippen molar-refractivity contribution in [3.05, 3.63) is 63.6 Å². The van der Waals surface area contributed by atoms with E-state index in [1.807, 2.05) is 19.1 Å². The molecule has 2 N–H and O–H groups in total. The van der Waals surface area contributed by atoms with Gasteiger partial charge in [0.05, 0.1) is 11.8 Å². The van der Waals surface area contributed by atoms with Crippen LogP contribution < -0.4 is 5.32 Å². The van der Waals surface area contributed by atoms with E-state index in [0.717, 1.165) is 21.1 Å². The first kappa shape index (κ1) is 17.8. The van der Waals surface area contributed by atoms with Crippen LogP contribution in [0.15, 0.2) is 45.4 Å². The fourth-order valence-corrected chi connectivity index (χ4v) is 2.88. The van der Waals surface area contributed by atoms with E-state index in [0.29, 0.717) is 30.0 Å². The molecule has 3 rings (SSSR count). The highest BCUT2D eigenvalue weighted by Gasteiger charge is 2.18. The molecular formula is C19H19BrN2O3. The smallest absolute Gasteiger partial charge is 0.228 e. The zero-order chi connectivity index (χ0) is 18.0. The number of fused-ring (bicyclic) bond motifs is 1. The van der Waals surface area contributed by atoms with Gasteiger partial charge in [-0.25, -0.2) is 0 Å². The highest BCUT2D eigenvalue weighted by atomic mass is 79.9. The summed E-state index contributed by atoms with van der Waals surface area (Å²) < 4.78 is 6.73. The average molecular weight is 403 g/mol. The lowest BCUT2D eigenvalue weighted by Crippen LogP contribution is -2.24. The summed E-state index contributed by atoms with van der Waals surface area (Å²) in [5.74, 6) is 0.135. The summed E-state index contributed by atoms with van der Waals surface area (Å²) in [7, 11) is 0. The Bertz CT molecular complexity index is 901. The molecule has 1 atom stereocenters. The number of benzene rings is 1. The van der Waals surface area contributed by atoms with E-state index in [9.17, 15) is 9.90 Å². The molecule has 6 heteroatoms. The van der Waals surface area contributed by atoms with Gasteiger partial charge in [-0.2, -0.15) is 0 Å². The van der Waals surface area contributed by atoms with E-state index >= 15 is 0 Å². The molecule has 0 radical (unpaired) electrons. The largest absolute Gasteiger partial charge is 0.451 e. The number of carbonyl (C=O) groups is 1. The van der Waals surface area contributed by atoms with Gasteiger partial charge in [0, 0.05) is 34.7 Å². The number of carbonyl (C=O) groups excluding carboxylic acids is 1. The predicted octanol–water partition coefficient (Wildman–Crippen LogP) is 3.60. The molecule has 3 aromatic rings. The molecule has 0 spiro atoms. The van der Waals surface area contributed by atoms with Crippen molar-refractivity contribution in [2.45, 2.75) is 26.5 Å². The lowest BCUT2D eigenvalue weighted by Gasteiger charge is -2.07. The van der Waals surface area contributed by atoms with E-state index in [4.69, 9.17) is 4.42 Å². The third-order valence-corrected chi connectivity index (χ3v) is 4.43. The van der Waals surface area contributed by atoms with Gasteiger partial charge in [-0.15, -0.1) is 0 Å². The van der Waals surface area contributed by atoms with Crippen LogP contribution in [-0.4, -0.2) is 28.5 Å². The molecule has 0 amide bonds. The Morgan fingerprint density at radius 2 is 2.08 bits per heavy atom. The van der Waals surface area contributed by atoms with Crippen LogP contribution in [0.4, 0.5) is 0 Å². The number of rotatable bonds is 6. The van der Waals surface area contributed by atoms with Crippen molar-refractivity contribution in [3.8, 4) is 0 Å². The standard InChI is InChI=1S/C19H19BrN2O3/c1-11(23)8-21-9-14-10-22-12(2)19-16(14)7-17(25-19)18(24)13-3-5-15(20)6-4-13/h3-7,10-11,21,23H,8-9H2,1-2H3/t11-/m0/s1. The van der Waals surface area contributed by atoms with Crippen LogP contribution in [0.1, 0.15) is 34.3 Å². The molecule has 0 aliphatic rings. The maximum absolute atomic E-state index is 12.7. The van der Waals surface area contributed by atoms with E-state index in [-0.39, 0.29) is 5.78 Å². The lowest BCUT2D eigenvalue weighted by atomic mass is 10.1. The van der Waals surface area contributed by atoms with Gasteiger partial charge in [-0.05, 0) is 49.7 Å². The number of aliphatic hydroxyl groups excluding tert-OH is 1. The van der Waals surface area contributed by atoms with Crippen molar-refractivity contribution in [1.82, 2.24) is 10.3 Å². The van der Waals surface area contributed by atoms with Crippen molar-refractivity contribution in [2.24, 2.45) is 0 Å². The van der Waals surface area contributed by atoms with Crippen molar-refractivity contribution >= 4 is 32.7 Å². The second-order valence-electron chi connectivity index (χ2n) is 6.04. The Kier molecular flexibility index (Phi) is 5.32. The first-order valence-electron chi connectivity index (χ1n) is 8.03. The molecule has 0 saturated heterocycles.